The van der Waals surface area contributed by atoms with Crippen LogP contribution in [0.2, 0.25) is 0 Å². The molecule has 0 aromatic heterocycles. The van der Waals surface area contributed by atoms with Crippen LogP contribution in [-0.4, -0.2) is 0 Å². The molecule has 0 N–H and O–H groups in total. The van der Waals surface area contributed by atoms with E-state index in [0.717, 1.165) is 45.3 Å². The van der Waals surface area contributed by atoms with E-state index in [1.165, 1.54) is 17.8 Å². The van der Waals surface area contributed by atoms with Gasteiger partial charge in [-0.3, -0.25) is 0 Å². The molecular weight excluding hydrogens is 324 g/mol. The van der Waals surface area contributed by atoms with Gasteiger partial charge in [-0.15, -0.1) is 0 Å². The van der Waals surface area contributed by atoms with Crippen LogP contribution in [0.1, 0.15) is 68.7 Å². The Balaban J connectivity index is 1.35. The van der Waals surface area contributed by atoms with Crippen LogP contribution in [0.4, 0.5) is 0 Å². The topological polar surface area (TPSA) is 0 Å². The third kappa shape index (κ3) is 0.447. The first-order chi connectivity index (χ1) is 12.4. The molecule has 0 heterocycles. The zero-order valence-electron chi connectivity index (χ0n) is 18.7. The summed E-state index contributed by atoms with van der Waals surface area (Å²) >= 11 is 0. The van der Waals surface area contributed by atoms with Gasteiger partial charge in [-0.1, -0.05) is 62.3 Å². The van der Waals surface area contributed by atoms with E-state index in [2.05, 4.69) is 62.3 Å². The third-order valence-corrected chi connectivity index (χ3v) is 18.9. The second-order valence-electron chi connectivity index (χ2n) is 15.3. The van der Waals surface area contributed by atoms with Gasteiger partial charge in [-0.05, 0) is 102 Å². The van der Waals surface area contributed by atoms with Crippen molar-refractivity contribution in [3.8, 4) is 0 Å². The molecule has 10 saturated carbocycles. The van der Waals surface area contributed by atoms with Crippen LogP contribution in [0.15, 0.2) is 0 Å². The molecule has 0 nitrogen and oxygen atoms in total. The van der Waals surface area contributed by atoms with Crippen molar-refractivity contribution in [2.45, 2.75) is 68.7 Å². The van der Waals surface area contributed by atoms with Crippen LogP contribution in [-0.2, 0) is 0 Å². The predicted octanol–water partition coefficient (Wildman–Crippen LogP) is 5.87. The number of fused-ring (bicyclic) bond motifs is 6. The van der Waals surface area contributed by atoms with Crippen LogP contribution >= 0.6 is 0 Å². The van der Waals surface area contributed by atoms with Crippen LogP contribution in [0, 0.1) is 95.6 Å². The molecule has 144 valence electrons. The van der Waals surface area contributed by atoms with Crippen LogP contribution < -0.4 is 0 Å². The Morgan fingerprint density at radius 3 is 1.89 bits per heavy atom. The average Bonchev–Trinajstić information content (AvgIpc) is 2.59. The number of hydrogen-bond acceptors (Lipinski definition) is 0. The van der Waals surface area contributed by atoms with Crippen LogP contribution in [0.3, 0.4) is 0 Å². The number of hydrogen-bond donors (Lipinski definition) is 0. The summed E-state index contributed by atoms with van der Waals surface area (Å²) in [7, 11) is 0. The minimum absolute atomic E-state index is 0.519. The molecule has 10 fully saturated rings. The Morgan fingerprint density at radius 2 is 1.22 bits per heavy atom. The molecule has 27 heavy (non-hydrogen) atoms. The second kappa shape index (κ2) is 2.42. The van der Waals surface area contributed by atoms with Gasteiger partial charge >= 0.3 is 0 Å². The number of rotatable bonds is 0. The lowest BCUT2D eigenvalue weighted by Gasteiger charge is -3.34. The van der Waals surface area contributed by atoms with Gasteiger partial charge in [0.2, 0.25) is 0 Å². The smallest absolute Gasteiger partial charge is 0.00570 e. The minimum atomic E-state index is 0.519. The highest BCUT2D eigenvalue weighted by atomic mass is 15.3. The molecule has 0 heteroatoms. The lowest BCUT2D eigenvalue weighted by molar-refractivity contribution is -0.884. The maximum atomic E-state index is 2.87. The van der Waals surface area contributed by atoms with E-state index in [1.807, 2.05) is 0 Å². The van der Waals surface area contributed by atoms with E-state index in [0.29, 0.717) is 32.5 Å². The van der Waals surface area contributed by atoms with Crippen molar-refractivity contribution >= 4 is 0 Å². The molecule has 0 amide bonds. The van der Waals surface area contributed by atoms with Gasteiger partial charge < -0.3 is 0 Å². The highest BCUT2D eigenvalue weighted by molar-refractivity contribution is 5.78. The molecule has 0 aromatic rings. The lowest BCUT2D eigenvalue weighted by Crippen LogP contribution is -3.31. The molecule has 10 aliphatic carbocycles. The van der Waals surface area contributed by atoms with Gasteiger partial charge in [0, 0.05) is 0 Å². The maximum Gasteiger partial charge on any atom is -0.00570 e. The molecule has 0 aromatic carbocycles. The summed E-state index contributed by atoms with van der Waals surface area (Å²) in [5, 5.41) is 0. The summed E-state index contributed by atoms with van der Waals surface area (Å²) in [5.41, 5.74) is 7.01. The Morgan fingerprint density at radius 1 is 0.556 bits per heavy atom. The fourth-order valence-corrected chi connectivity index (χ4v) is 19.7. The minimum Gasteiger partial charge on any atom is -0.0617 e. The van der Waals surface area contributed by atoms with Crippen molar-refractivity contribution in [1.82, 2.24) is 0 Å². The lowest BCUT2D eigenvalue weighted by atomic mass is 8.69. The second-order valence-corrected chi connectivity index (χ2v) is 15.3. The van der Waals surface area contributed by atoms with Crippen molar-refractivity contribution in [3.05, 3.63) is 0 Å². The molecule has 4 spiro atoms. The fraction of sp³-hybridized carbons (Fsp3) is 1.00. The van der Waals surface area contributed by atoms with E-state index in [-0.39, 0.29) is 0 Å². The molecule has 16 atom stereocenters. The predicted molar refractivity (Wildman–Crippen MR) is 104 cm³/mol. The van der Waals surface area contributed by atoms with Crippen molar-refractivity contribution in [2.24, 2.45) is 95.6 Å². The van der Waals surface area contributed by atoms with Gasteiger partial charge in [0.05, 0.1) is 0 Å². The van der Waals surface area contributed by atoms with Gasteiger partial charge in [0.1, 0.15) is 0 Å². The molecule has 10 aliphatic rings. The summed E-state index contributed by atoms with van der Waals surface area (Å²) in [6.45, 7) is 24.9. The van der Waals surface area contributed by atoms with Crippen molar-refractivity contribution < 1.29 is 0 Å². The Hall–Kier alpha value is 0. The Labute approximate surface area is 164 Å². The quantitative estimate of drug-likeness (QED) is 0.507. The van der Waals surface area contributed by atoms with Crippen molar-refractivity contribution in [2.75, 3.05) is 0 Å². The molecule has 0 bridgehead atoms. The highest BCUT2D eigenvalue weighted by Crippen LogP contribution is 3.35. The van der Waals surface area contributed by atoms with E-state index >= 15 is 0 Å². The summed E-state index contributed by atoms with van der Waals surface area (Å²) in [5.74, 6) is 7.77. The van der Waals surface area contributed by atoms with E-state index in [4.69, 9.17) is 0 Å². The first-order valence-electron chi connectivity index (χ1n) is 12.4. The highest BCUT2D eigenvalue weighted by Gasteiger charge is 3.32. The van der Waals surface area contributed by atoms with Gasteiger partial charge in [-0.25, -0.2) is 0 Å². The largest absolute Gasteiger partial charge is 0.0617 e. The fourth-order valence-electron chi connectivity index (χ4n) is 19.7. The monoisotopic (exact) mass is 360 g/mol. The van der Waals surface area contributed by atoms with Gasteiger partial charge in [0.25, 0.3) is 0 Å². The average molecular weight is 361 g/mol. The summed E-state index contributed by atoms with van der Waals surface area (Å²) in [6.07, 6.45) is 1.64. The molecule has 0 saturated heterocycles. The Bertz CT molecular complexity index is 1040. The normalized spacial score (nSPS) is 97.4. The zero-order chi connectivity index (χ0) is 18.7. The van der Waals surface area contributed by atoms with Crippen molar-refractivity contribution in [1.29, 1.82) is 0 Å². The Kier molecular flexibility index (Phi) is 1.26. The standard InChI is InChI=1S/C27H36/c1-11-13-10-14-16-17-15-12(2)19(5)18(3,4)21(7)23(9)22(8)20(11,6)24(13,14)26(16,22)27(17,23)25(15,19)21/h11-17H,10H2,1-9H3/t11-,12+,13+,14-,15+,16-,17+,19-,20?,21?,22?,23?,24+,25+,26+,27-/m1/s1. The molecular formula is C27H36. The van der Waals surface area contributed by atoms with Crippen molar-refractivity contribution in [3.63, 3.8) is 0 Å². The van der Waals surface area contributed by atoms with Gasteiger partial charge in [-0.2, -0.15) is 0 Å². The SMILES string of the molecule is C[C@@H]1[C@@H]2C[C@@H]3[C@@H]4[C@@H]5[C@@H]6[C@H](C)[C@]7(C)C(C)(C)C8(C)C9(C)C%10(C)C1(C)[C@@]32[C@]4%10[C@]59[C@]687. The van der Waals surface area contributed by atoms with E-state index in [1.54, 1.807) is 6.42 Å². The molecule has 0 radical (unpaired) electrons. The zero-order valence-corrected chi connectivity index (χ0v) is 18.7. The third-order valence-electron chi connectivity index (χ3n) is 18.9. The van der Waals surface area contributed by atoms with Crippen LogP contribution in [0.5, 0.6) is 0 Å². The van der Waals surface area contributed by atoms with Crippen LogP contribution in [0.25, 0.3) is 0 Å². The molecule has 0 aliphatic heterocycles. The molecule has 4 unspecified atom stereocenters. The summed E-state index contributed by atoms with van der Waals surface area (Å²) < 4.78 is 0. The first kappa shape index (κ1) is 14.1. The molecule has 10 rings (SSSR count). The maximum absolute atomic E-state index is 2.87. The summed E-state index contributed by atoms with van der Waals surface area (Å²) in [6, 6.07) is 0. The first-order valence-corrected chi connectivity index (χ1v) is 12.4. The van der Waals surface area contributed by atoms with E-state index < -0.39 is 0 Å². The van der Waals surface area contributed by atoms with E-state index in [9.17, 15) is 0 Å². The summed E-state index contributed by atoms with van der Waals surface area (Å²) in [4.78, 5) is 0. The van der Waals surface area contributed by atoms with Gasteiger partial charge in [0.15, 0.2) is 0 Å².